The molecule has 21 heavy (non-hydrogen) atoms. The van der Waals surface area contributed by atoms with Gasteiger partial charge in [-0.25, -0.2) is 0 Å². The fourth-order valence-electron chi connectivity index (χ4n) is 2.08. The highest BCUT2D eigenvalue weighted by molar-refractivity contribution is 7.84. The van der Waals surface area contributed by atoms with E-state index in [4.69, 9.17) is 4.74 Å². The first-order valence-electron chi connectivity index (χ1n) is 7.85. The van der Waals surface area contributed by atoms with Crippen molar-refractivity contribution in [3.05, 3.63) is 29.3 Å². The summed E-state index contributed by atoms with van der Waals surface area (Å²) < 4.78 is 17.8. The van der Waals surface area contributed by atoms with Crippen molar-refractivity contribution in [1.29, 1.82) is 0 Å². The monoisotopic (exact) mass is 311 g/mol. The number of rotatable bonds is 9. The first-order valence-corrected chi connectivity index (χ1v) is 9.23. The average Bonchev–Trinajstić information content (AvgIpc) is 2.46. The Morgan fingerprint density at radius 3 is 2.52 bits per heavy atom. The number of hydrogen-bond donors (Lipinski definition) is 1. The van der Waals surface area contributed by atoms with Crippen molar-refractivity contribution in [2.75, 3.05) is 13.2 Å². The van der Waals surface area contributed by atoms with E-state index < -0.39 is 10.8 Å². The number of ether oxygens (including phenoxy) is 1. The molecule has 0 heterocycles. The fourth-order valence-corrected chi connectivity index (χ4v) is 2.94. The lowest BCUT2D eigenvalue weighted by molar-refractivity contribution is 0.337. The van der Waals surface area contributed by atoms with E-state index >= 15 is 0 Å². The van der Waals surface area contributed by atoms with E-state index in [0.717, 1.165) is 24.3 Å². The highest BCUT2D eigenvalue weighted by Crippen LogP contribution is 2.25. The van der Waals surface area contributed by atoms with E-state index in [1.54, 1.807) is 0 Å². The van der Waals surface area contributed by atoms with Crippen LogP contribution in [0.3, 0.4) is 0 Å². The molecule has 0 aliphatic rings. The van der Waals surface area contributed by atoms with Crippen LogP contribution in [-0.4, -0.2) is 22.6 Å². The van der Waals surface area contributed by atoms with Gasteiger partial charge in [0.05, 0.1) is 12.4 Å². The Balaban J connectivity index is 2.96. The lowest BCUT2D eigenvalue weighted by Crippen LogP contribution is -2.19. The molecule has 0 spiro atoms. The normalized spacial score (nSPS) is 14.2. The third kappa shape index (κ3) is 5.79. The third-order valence-corrected chi connectivity index (χ3v) is 5.06. The van der Waals surface area contributed by atoms with Gasteiger partial charge >= 0.3 is 0 Å². The second-order valence-corrected chi connectivity index (χ2v) is 7.54. The van der Waals surface area contributed by atoms with Crippen molar-refractivity contribution < 1.29 is 8.95 Å². The Hall–Kier alpha value is -0.870. The minimum absolute atomic E-state index is 0.166. The molecule has 0 aromatic heterocycles. The van der Waals surface area contributed by atoms with Crippen molar-refractivity contribution in [2.24, 2.45) is 0 Å². The molecule has 0 saturated carbocycles. The second kappa shape index (κ2) is 9.21. The topological polar surface area (TPSA) is 38.3 Å². The standard InChI is InChI=1S/C17H29NO2S/c1-6-10-18-14(5)15-8-9-17(20-7-2)16(11-15)12-21(19)13(3)4/h8-9,11,13-14,18H,6-7,10,12H2,1-5H3. The largest absolute Gasteiger partial charge is 0.494 e. The highest BCUT2D eigenvalue weighted by Gasteiger charge is 2.13. The molecule has 2 unspecified atom stereocenters. The van der Waals surface area contributed by atoms with E-state index in [1.165, 1.54) is 5.56 Å². The quantitative estimate of drug-likeness (QED) is 0.754. The molecule has 1 rings (SSSR count). The molecule has 0 saturated heterocycles. The predicted molar refractivity (Wildman–Crippen MR) is 91.3 cm³/mol. The first kappa shape index (κ1) is 18.2. The van der Waals surface area contributed by atoms with Crippen LogP contribution in [0.25, 0.3) is 0 Å². The van der Waals surface area contributed by atoms with E-state index in [1.807, 2.05) is 26.8 Å². The highest BCUT2D eigenvalue weighted by atomic mass is 32.2. The maximum absolute atomic E-state index is 12.2. The van der Waals surface area contributed by atoms with Crippen molar-refractivity contribution >= 4 is 10.8 Å². The van der Waals surface area contributed by atoms with Gasteiger partial charge in [0.15, 0.2) is 0 Å². The van der Waals surface area contributed by atoms with Gasteiger partial charge in [-0.15, -0.1) is 0 Å². The molecule has 120 valence electrons. The van der Waals surface area contributed by atoms with Crippen molar-refractivity contribution in [3.8, 4) is 5.75 Å². The van der Waals surface area contributed by atoms with Gasteiger partial charge in [-0.05, 0) is 44.5 Å². The summed E-state index contributed by atoms with van der Waals surface area (Å²) in [6, 6.07) is 6.54. The number of nitrogens with one attached hydrogen (secondary N) is 1. The van der Waals surface area contributed by atoms with Crippen LogP contribution in [0.15, 0.2) is 18.2 Å². The minimum Gasteiger partial charge on any atom is -0.494 e. The Morgan fingerprint density at radius 1 is 1.24 bits per heavy atom. The van der Waals surface area contributed by atoms with Crippen LogP contribution in [0.1, 0.15) is 58.2 Å². The Bertz CT molecular complexity index is 460. The van der Waals surface area contributed by atoms with E-state index in [-0.39, 0.29) is 5.25 Å². The summed E-state index contributed by atoms with van der Waals surface area (Å²) in [5.74, 6) is 1.42. The number of benzene rings is 1. The SMILES string of the molecule is CCCNC(C)c1ccc(OCC)c(CS(=O)C(C)C)c1. The Morgan fingerprint density at radius 2 is 1.95 bits per heavy atom. The van der Waals surface area contributed by atoms with Crippen molar-refractivity contribution in [1.82, 2.24) is 5.32 Å². The molecule has 2 atom stereocenters. The van der Waals surface area contributed by atoms with Crippen molar-refractivity contribution in [2.45, 2.75) is 58.1 Å². The molecule has 0 amide bonds. The average molecular weight is 311 g/mol. The first-order chi connectivity index (χ1) is 9.99. The van der Waals surface area contributed by atoms with Crippen LogP contribution in [0.4, 0.5) is 0 Å². The zero-order valence-corrected chi connectivity index (χ0v) is 14.8. The van der Waals surface area contributed by atoms with Gasteiger partial charge in [-0.1, -0.05) is 26.8 Å². The molecule has 4 heteroatoms. The molecule has 3 nitrogen and oxygen atoms in total. The summed E-state index contributed by atoms with van der Waals surface area (Å²) in [6.07, 6.45) is 1.12. The summed E-state index contributed by atoms with van der Waals surface area (Å²) in [5.41, 5.74) is 2.27. The zero-order chi connectivity index (χ0) is 15.8. The van der Waals surface area contributed by atoms with Gasteiger partial charge in [0.1, 0.15) is 5.75 Å². The lowest BCUT2D eigenvalue weighted by Gasteiger charge is -2.17. The summed E-state index contributed by atoms with van der Waals surface area (Å²) in [6.45, 7) is 11.9. The molecule has 0 aliphatic carbocycles. The molecule has 0 aliphatic heterocycles. The summed E-state index contributed by atoms with van der Waals surface area (Å²) in [4.78, 5) is 0. The van der Waals surface area contributed by atoms with Crippen molar-refractivity contribution in [3.63, 3.8) is 0 Å². The second-order valence-electron chi connectivity index (χ2n) is 5.55. The molecular formula is C17H29NO2S. The van der Waals surface area contributed by atoms with Gasteiger partial charge < -0.3 is 10.1 Å². The number of hydrogen-bond acceptors (Lipinski definition) is 3. The van der Waals surface area contributed by atoms with Crippen LogP contribution in [0.2, 0.25) is 0 Å². The molecule has 1 aromatic rings. The van der Waals surface area contributed by atoms with Crippen LogP contribution >= 0.6 is 0 Å². The molecule has 0 fully saturated rings. The lowest BCUT2D eigenvalue weighted by atomic mass is 10.0. The maximum Gasteiger partial charge on any atom is 0.123 e. The zero-order valence-electron chi connectivity index (χ0n) is 13.9. The predicted octanol–water partition coefficient (Wildman–Crippen LogP) is 3.80. The maximum atomic E-state index is 12.2. The molecule has 0 radical (unpaired) electrons. The van der Waals surface area contributed by atoms with Crippen LogP contribution in [0.5, 0.6) is 5.75 Å². The molecular weight excluding hydrogens is 282 g/mol. The van der Waals surface area contributed by atoms with Crippen LogP contribution < -0.4 is 10.1 Å². The fraction of sp³-hybridized carbons (Fsp3) is 0.647. The van der Waals surface area contributed by atoms with Crippen LogP contribution in [0, 0.1) is 0 Å². The van der Waals surface area contributed by atoms with E-state index in [9.17, 15) is 4.21 Å². The van der Waals surface area contributed by atoms with Gasteiger partial charge in [-0.3, -0.25) is 4.21 Å². The Kier molecular flexibility index (Phi) is 7.97. The van der Waals surface area contributed by atoms with Gasteiger partial charge in [-0.2, -0.15) is 0 Å². The molecule has 0 bridgehead atoms. The summed E-state index contributed by atoms with van der Waals surface area (Å²) >= 11 is 0. The van der Waals surface area contributed by atoms with Crippen LogP contribution in [-0.2, 0) is 16.6 Å². The van der Waals surface area contributed by atoms with E-state index in [0.29, 0.717) is 18.4 Å². The minimum atomic E-state index is -0.864. The Labute approximate surface area is 131 Å². The van der Waals surface area contributed by atoms with Gasteiger partial charge in [0.2, 0.25) is 0 Å². The van der Waals surface area contributed by atoms with Gasteiger partial charge in [0.25, 0.3) is 0 Å². The molecule has 1 aromatic carbocycles. The smallest absolute Gasteiger partial charge is 0.123 e. The summed E-state index contributed by atoms with van der Waals surface area (Å²) in [5, 5.41) is 3.65. The third-order valence-electron chi connectivity index (χ3n) is 3.41. The van der Waals surface area contributed by atoms with E-state index in [2.05, 4.69) is 31.3 Å². The van der Waals surface area contributed by atoms with Gasteiger partial charge in [0, 0.05) is 27.7 Å². The summed E-state index contributed by atoms with van der Waals surface area (Å²) in [7, 11) is -0.864. The molecule has 1 N–H and O–H groups in total.